The van der Waals surface area contributed by atoms with E-state index < -0.39 is 15.6 Å². The Kier molecular flexibility index (Phi) is 5.16. The highest BCUT2D eigenvalue weighted by molar-refractivity contribution is 7.89. The Bertz CT molecular complexity index is 321. The first kappa shape index (κ1) is 14.8. The highest BCUT2D eigenvalue weighted by Crippen LogP contribution is 2.08. The third-order valence-electron chi connectivity index (χ3n) is 1.99. The van der Waals surface area contributed by atoms with Gasteiger partial charge in [-0.2, -0.15) is 0 Å². The van der Waals surface area contributed by atoms with Crippen LogP contribution in [-0.4, -0.2) is 24.7 Å². The molecule has 0 unspecified atom stereocenters. The second-order valence-corrected chi connectivity index (χ2v) is 6.87. The van der Waals surface area contributed by atoms with Crippen molar-refractivity contribution in [3.05, 3.63) is 0 Å². The fourth-order valence-corrected chi connectivity index (χ4v) is 2.77. The summed E-state index contributed by atoms with van der Waals surface area (Å²) in [6, 6.07) is 0. The van der Waals surface area contributed by atoms with E-state index in [9.17, 15) is 8.42 Å². The molecule has 0 atom stereocenters. The predicted molar refractivity (Wildman–Crippen MR) is 67.2 cm³/mol. The SMILES string of the molecule is CC(C)CCS(=O)(=O)NC(C)(C)C(N)=S. The molecule has 0 aliphatic heterocycles. The van der Waals surface area contributed by atoms with Gasteiger partial charge in [-0.15, -0.1) is 0 Å². The van der Waals surface area contributed by atoms with Gasteiger partial charge in [0.1, 0.15) is 0 Å². The van der Waals surface area contributed by atoms with E-state index in [1.807, 2.05) is 13.8 Å². The van der Waals surface area contributed by atoms with Crippen LogP contribution in [0.5, 0.6) is 0 Å². The Balaban J connectivity index is 4.45. The van der Waals surface area contributed by atoms with Gasteiger partial charge in [-0.1, -0.05) is 26.1 Å². The molecule has 4 nitrogen and oxygen atoms in total. The van der Waals surface area contributed by atoms with Crippen molar-refractivity contribution >= 4 is 27.2 Å². The second kappa shape index (κ2) is 5.23. The van der Waals surface area contributed by atoms with Crippen LogP contribution in [0.3, 0.4) is 0 Å². The number of thiocarbonyl (C=S) groups is 1. The van der Waals surface area contributed by atoms with Gasteiger partial charge in [0.2, 0.25) is 10.0 Å². The Morgan fingerprint density at radius 1 is 1.47 bits per heavy atom. The molecule has 0 aromatic carbocycles. The maximum Gasteiger partial charge on any atom is 0.212 e. The molecule has 0 radical (unpaired) electrons. The van der Waals surface area contributed by atoms with E-state index in [4.69, 9.17) is 18.0 Å². The summed E-state index contributed by atoms with van der Waals surface area (Å²) in [5.41, 5.74) is 4.58. The van der Waals surface area contributed by atoms with Gasteiger partial charge in [0.15, 0.2) is 0 Å². The summed E-state index contributed by atoms with van der Waals surface area (Å²) in [7, 11) is -3.30. The fraction of sp³-hybridized carbons (Fsp3) is 0.889. The van der Waals surface area contributed by atoms with Crippen molar-refractivity contribution in [2.24, 2.45) is 11.7 Å². The molecule has 90 valence electrons. The highest BCUT2D eigenvalue weighted by Gasteiger charge is 2.27. The number of hydrogen-bond donors (Lipinski definition) is 2. The lowest BCUT2D eigenvalue weighted by molar-refractivity contribution is 0.534. The molecule has 0 aromatic heterocycles. The zero-order chi connectivity index (χ0) is 12.3. The van der Waals surface area contributed by atoms with E-state index in [2.05, 4.69) is 4.72 Å². The summed E-state index contributed by atoms with van der Waals surface area (Å²) in [6.07, 6.45) is 0.628. The zero-order valence-electron chi connectivity index (χ0n) is 9.70. The van der Waals surface area contributed by atoms with Crippen LogP contribution in [0.1, 0.15) is 34.1 Å². The number of hydrogen-bond acceptors (Lipinski definition) is 3. The van der Waals surface area contributed by atoms with Crippen molar-refractivity contribution in [2.75, 3.05) is 5.75 Å². The van der Waals surface area contributed by atoms with Crippen molar-refractivity contribution in [3.63, 3.8) is 0 Å². The average Bonchev–Trinajstić information content (AvgIpc) is 1.99. The summed E-state index contributed by atoms with van der Waals surface area (Å²) in [5.74, 6) is 0.464. The Hall–Kier alpha value is -0.200. The molecule has 0 heterocycles. The minimum Gasteiger partial charge on any atom is -0.392 e. The molecular formula is C9H20N2O2S2. The third kappa shape index (κ3) is 6.06. The molecule has 3 N–H and O–H groups in total. The van der Waals surface area contributed by atoms with Crippen LogP contribution in [0.2, 0.25) is 0 Å². The predicted octanol–water partition coefficient (Wildman–Crippen LogP) is 1.02. The Morgan fingerprint density at radius 3 is 2.27 bits per heavy atom. The quantitative estimate of drug-likeness (QED) is 0.692. The Morgan fingerprint density at radius 2 is 1.93 bits per heavy atom. The van der Waals surface area contributed by atoms with Gasteiger partial charge in [-0.05, 0) is 26.2 Å². The van der Waals surface area contributed by atoms with Gasteiger partial charge in [0, 0.05) is 0 Å². The van der Waals surface area contributed by atoms with Crippen LogP contribution in [0, 0.1) is 5.92 Å². The normalized spacial score (nSPS) is 13.1. The summed E-state index contributed by atoms with van der Waals surface area (Å²) in [4.78, 5) is 0.149. The van der Waals surface area contributed by atoms with Gasteiger partial charge in [0.25, 0.3) is 0 Å². The van der Waals surface area contributed by atoms with Crippen LogP contribution < -0.4 is 10.5 Å². The minimum atomic E-state index is -3.30. The van der Waals surface area contributed by atoms with E-state index in [0.717, 1.165) is 0 Å². The average molecular weight is 252 g/mol. The molecule has 0 aromatic rings. The lowest BCUT2D eigenvalue weighted by atomic mass is 10.1. The molecule has 0 rings (SSSR count). The van der Waals surface area contributed by atoms with Crippen LogP contribution in [0.25, 0.3) is 0 Å². The van der Waals surface area contributed by atoms with Gasteiger partial charge in [-0.25, -0.2) is 13.1 Å². The van der Waals surface area contributed by atoms with Gasteiger partial charge in [0.05, 0.1) is 16.3 Å². The summed E-state index contributed by atoms with van der Waals surface area (Å²) in [6.45, 7) is 7.27. The van der Waals surface area contributed by atoms with Crippen LogP contribution in [0.4, 0.5) is 0 Å². The largest absolute Gasteiger partial charge is 0.392 e. The topological polar surface area (TPSA) is 72.2 Å². The lowest BCUT2D eigenvalue weighted by Gasteiger charge is -2.24. The molecular weight excluding hydrogens is 232 g/mol. The van der Waals surface area contributed by atoms with Crippen LogP contribution in [-0.2, 0) is 10.0 Å². The number of rotatable bonds is 6. The minimum absolute atomic E-state index is 0.108. The molecule has 0 aliphatic rings. The standard InChI is InChI=1S/C9H20N2O2S2/c1-7(2)5-6-15(12,13)11-9(3,4)8(10)14/h7,11H,5-6H2,1-4H3,(H2,10,14). The van der Waals surface area contributed by atoms with Gasteiger partial charge in [-0.3, -0.25) is 0 Å². The molecule has 0 saturated heterocycles. The van der Waals surface area contributed by atoms with Crippen molar-refractivity contribution in [3.8, 4) is 0 Å². The van der Waals surface area contributed by atoms with Crippen molar-refractivity contribution in [1.82, 2.24) is 4.72 Å². The number of sulfonamides is 1. The smallest absolute Gasteiger partial charge is 0.212 e. The molecule has 0 saturated carbocycles. The van der Waals surface area contributed by atoms with E-state index in [1.54, 1.807) is 13.8 Å². The van der Waals surface area contributed by atoms with Crippen molar-refractivity contribution in [1.29, 1.82) is 0 Å². The van der Waals surface area contributed by atoms with Crippen LogP contribution >= 0.6 is 12.2 Å². The first-order chi connectivity index (χ1) is 6.57. The van der Waals surface area contributed by atoms with E-state index in [0.29, 0.717) is 12.3 Å². The molecule has 6 heteroatoms. The third-order valence-corrected chi connectivity index (χ3v) is 4.10. The summed E-state index contributed by atoms with van der Waals surface area (Å²) < 4.78 is 25.8. The molecule has 0 fully saturated rings. The summed E-state index contributed by atoms with van der Waals surface area (Å²) in [5, 5.41) is 0. The lowest BCUT2D eigenvalue weighted by Crippen LogP contribution is -2.52. The van der Waals surface area contributed by atoms with Crippen molar-refractivity contribution in [2.45, 2.75) is 39.7 Å². The number of nitrogens with one attached hydrogen (secondary N) is 1. The monoisotopic (exact) mass is 252 g/mol. The molecule has 15 heavy (non-hydrogen) atoms. The van der Waals surface area contributed by atoms with E-state index in [-0.39, 0.29) is 10.7 Å². The maximum atomic E-state index is 11.6. The highest BCUT2D eigenvalue weighted by atomic mass is 32.2. The number of nitrogens with two attached hydrogens (primary N) is 1. The molecule has 0 amide bonds. The second-order valence-electron chi connectivity index (χ2n) is 4.59. The van der Waals surface area contributed by atoms with Crippen molar-refractivity contribution < 1.29 is 8.42 Å². The molecule has 0 spiro atoms. The Labute approximate surface area is 97.7 Å². The fourth-order valence-electron chi connectivity index (χ4n) is 0.881. The first-order valence-electron chi connectivity index (χ1n) is 4.88. The zero-order valence-corrected chi connectivity index (χ0v) is 11.3. The maximum absolute atomic E-state index is 11.6. The summed E-state index contributed by atoms with van der Waals surface area (Å²) >= 11 is 4.79. The van der Waals surface area contributed by atoms with Crippen LogP contribution in [0.15, 0.2) is 0 Å². The van der Waals surface area contributed by atoms with Gasteiger partial charge >= 0.3 is 0 Å². The molecule has 0 aliphatic carbocycles. The van der Waals surface area contributed by atoms with E-state index in [1.165, 1.54) is 0 Å². The molecule has 0 bridgehead atoms. The first-order valence-corrected chi connectivity index (χ1v) is 6.94. The van der Waals surface area contributed by atoms with Gasteiger partial charge < -0.3 is 5.73 Å². The van der Waals surface area contributed by atoms with E-state index >= 15 is 0 Å².